The Labute approximate surface area is 157 Å². The fourth-order valence-corrected chi connectivity index (χ4v) is 3.38. The first-order valence-electron chi connectivity index (χ1n) is 8.09. The van der Waals surface area contributed by atoms with Gasteiger partial charge in [0.05, 0.1) is 4.90 Å². The van der Waals surface area contributed by atoms with E-state index in [1.165, 1.54) is 38.1 Å². The number of carbonyl (C=O) groups excluding carboxylic acids is 3. The van der Waals surface area contributed by atoms with Crippen molar-refractivity contribution in [2.75, 3.05) is 6.61 Å². The highest BCUT2D eigenvalue weighted by molar-refractivity contribution is 7.89. The van der Waals surface area contributed by atoms with E-state index in [0.717, 1.165) is 0 Å². The number of ketones is 2. The van der Waals surface area contributed by atoms with Gasteiger partial charge in [-0.05, 0) is 26.0 Å². The molecule has 0 amide bonds. The maximum atomic E-state index is 12.3. The van der Waals surface area contributed by atoms with Gasteiger partial charge in [-0.1, -0.05) is 42.5 Å². The molecule has 27 heavy (non-hydrogen) atoms. The molecule has 2 aromatic rings. The number of carbonyl (C=O) groups is 3. The lowest BCUT2D eigenvalue weighted by atomic mass is 10.1. The molecule has 7 nitrogen and oxygen atoms in total. The topological polar surface area (TPSA) is 107 Å². The van der Waals surface area contributed by atoms with Crippen molar-refractivity contribution in [1.82, 2.24) is 4.72 Å². The van der Waals surface area contributed by atoms with E-state index in [0.29, 0.717) is 11.1 Å². The highest BCUT2D eigenvalue weighted by Crippen LogP contribution is 2.12. The molecule has 8 heteroatoms. The third kappa shape index (κ3) is 5.57. The average Bonchev–Trinajstić information content (AvgIpc) is 2.66. The molecule has 1 N–H and O–H groups in total. The fraction of sp³-hybridized carbons (Fsp3) is 0.211. The van der Waals surface area contributed by atoms with Crippen LogP contribution < -0.4 is 4.72 Å². The zero-order valence-electron chi connectivity index (χ0n) is 14.8. The molecule has 0 saturated carbocycles. The van der Waals surface area contributed by atoms with Crippen LogP contribution in [-0.4, -0.2) is 38.6 Å². The summed E-state index contributed by atoms with van der Waals surface area (Å²) in [5, 5.41) is 0. The second-order valence-electron chi connectivity index (χ2n) is 5.82. The molecule has 0 spiro atoms. The van der Waals surface area contributed by atoms with Gasteiger partial charge in [0.15, 0.2) is 18.2 Å². The molecule has 0 unspecified atom stereocenters. The summed E-state index contributed by atoms with van der Waals surface area (Å²) in [6, 6.07) is 12.4. The van der Waals surface area contributed by atoms with Gasteiger partial charge in [0.2, 0.25) is 10.0 Å². The first-order chi connectivity index (χ1) is 12.7. The number of hydrogen-bond acceptors (Lipinski definition) is 6. The average molecular weight is 389 g/mol. The minimum absolute atomic E-state index is 0.0903. The third-order valence-corrected chi connectivity index (χ3v) is 5.25. The van der Waals surface area contributed by atoms with Crippen LogP contribution in [0.3, 0.4) is 0 Å². The summed E-state index contributed by atoms with van der Waals surface area (Å²) in [4.78, 5) is 35.1. The van der Waals surface area contributed by atoms with E-state index >= 15 is 0 Å². The highest BCUT2D eigenvalue weighted by Gasteiger charge is 2.24. The number of esters is 1. The molecule has 142 valence electrons. The lowest BCUT2D eigenvalue weighted by Crippen LogP contribution is -2.40. The smallest absolute Gasteiger partial charge is 0.324 e. The number of sulfonamides is 1. The molecule has 0 aliphatic heterocycles. The van der Waals surface area contributed by atoms with Gasteiger partial charge >= 0.3 is 5.97 Å². The van der Waals surface area contributed by atoms with Gasteiger partial charge < -0.3 is 4.74 Å². The fourth-order valence-electron chi connectivity index (χ4n) is 2.19. The lowest BCUT2D eigenvalue weighted by Gasteiger charge is -2.13. The van der Waals surface area contributed by atoms with E-state index in [2.05, 4.69) is 4.72 Å². The Morgan fingerprint density at radius 1 is 0.963 bits per heavy atom. The van der Waals surface area contributed by atoms with Crippen LogP contribution >= 0.6 is 0 Å². The summed E-state index contributed by atoms with van der Waals surface area (Å²) in [5.74, 6) is -1.45. The van der Waals surface area contributed by atoms with E-state index < -0.39 is 28.6 Å². The molecule has 0 fully saturated rings. The number of rotatable bonds is 8. The van der Waals surface area contributed by atoms with Gasteiger partial charge in [0.25, 0.3) is 0 Å². The maximum absolute atomic E-state index is 12.3. The summed E-state index contributed by atoms with van der Waals surface area (Å²) in [6.07, 6.45) is 0. The summed E-state index contributed by atoms with van der Waals surface area (Å²) in [7, 11) is -3.98. The highest BCUT2D eigenvalue weighted by atomic mass is 32.2. The molecule has 0 radical (unpaired) electrons. The Hall–Kier alpha value is -2.84. The Morgan fingerprint density at radius 3 is 2.11 bits per heavy atom. The van der Waals surface area contributed by atoms with E-state index in [4.69, 9.17) is 4.74 Å². The van der Waals surface area contributed by atoms with Gasteiger partial charge in [-0.25, -0.2) is 8.42 Å². The SMILES string of the molecule is CC(=O)c1ccc(S(=O)(=O)N[C@@H](C)C(=O)OCC(=O)c2ccccc2)cc1. The summed E-state index contributed by atoms with van der Waals surface area (Å²) in [6.45, 7) is 2.20. The Kier molecular flexibility index (Phi) is 6.59. The summed E-state index contributed by atoms with van der Waals surface area (Å²) >= 11 is 0. The van der Waals surface area contributed by atoms with E-state index in [9.17, 15) is 22.8 Å². The van der Waals surface area contributed by atoms with E-state index in [-0.39, 0.29) is 16.5 Å². The Morgan fingerprint density at radius 2 is 1.56 bits per heavy atom. The largest absolute Gasteiger partial charge is 0.456 e. The Bertz CT molecular complexity index is 936. The molecule has 0 bridgehead atoms. The number of nitrogens with one attached hydrogen (secondary N) is 1. The summed E-state index contributed by atoms with van der Waals surface area (Å²) < 4.78 is 31.7. The lowest BCUT2D eigenvalue weighted by molar-refractivity contribution is -0.144. The zero-order valence-corrected chi connectivity index (χ0v) is 15.7. The predicted octanol–water partition coefficient (Wildman–Crippen LogP) is 1.98. The number of benzene rings is 2. The van der Waals surface area contributed by atoms with Gasteiger partial charge in [-0.2, -0.15) is 4.72 Å². The van der Waals surface area contributed by atoms with Crippen LogP contribution in [0, 0.1) is 0 Å². The number of Topliss-reactive ketones (excluding diaryl/α,β-unsaturated/α-hetero) is 2. The number of ether oxygens (including phenoxy) is 1. The zero-order chi connectivity index (χ0) is 20.0. The van der Waals surface area contributed by atoms with Crippen molar-refractivity contribution in [3.63, 3.8) is 0 Å². The first kappa shape index (κ1) is 20.5. The molecule has 1 atom stereocenters. The molecule has 0 aromatic heterocycles. The first-order valence-corrected chi connectivity index (χ1v) is 9.57. The normalized spacial score (nSPS) is 12.2. The second kappa shape index (κ2) is 8.70. The van der Waals surface area contributed by atoms with Crippen molar-refractivity contribution in [1.29, 1.82) is 0 Å². The van der Waals surface area contributed by atoms with Crippen molar-refractivity contribution in [2.24, 2.45) is 0 Å². The van der Waals surface area contributed by atoms with Crippen molar-refractivity contribution < 1.29 is 27.5 Å². The van der Waals surface area contributed by atoms with Gasteiger partial charge in [-0.15, -0.1) is 0 Å². The standard InChI is InChI=1S/C19H19NO6S/c1-13(19(23)26-12-18(22)16-6-4-3-5-7-16)20-27(24,25)17-10-8-15(9-11-17)14(2)21/h3-11,13,20H,12H2,1-2H3/t13-/m0/s1. The molecular weight excluding hydrogens is 370 g/mol. The molecule has 0 aliphatic carbocycles. The summed E-state index contributed by atoms with van der Waals surface area (Å²) in [5.41, 5.74) is 0.768. The Balaban J connectivity index is 1.96. The number of hydrogen-bond donors (Lipinski definition) is 1. The second-order valence-corrected chi connectivity index (χ2v) is 7.53. The van der Waals surface area contributed by atoms with Gasteiger partial charge in [-0.3, -0.25) is 14.4 Å². The van der Waals surface area contributed by atoms with Crippen LogP contribution in [0.4, 0.5) is 0 Å². The quantitative estimate of drug-likeness (QED) is 0.547. The van der Waals surface area contributed by atoms with Crippen molar-refractivity contribution in [2.45, 2.75) is 24.8 Å². The van der Waals surface area contributed by atoms with Gasteiger partial charge in [0.1, 0.15) is 6.04 Å². The molecule has 0 aliphatic rings. The van der Waals surface area contributed by atoms with Crippen molar-refractivity contribution >= 4 is 27.6 Å². The van der Waals surface area contributed by atoms with Gasteiger partial charge in [0, 0.05) is 11.1 Å². The van der Waals surface area contributed by atoms with Crippen LogP contribution in [0.15, 0.2) is 59.5 Å². The minimum atomic E-state index is -3.98. The van der Waals surface area contributed by atoms with Crippen LogP contribution in [0.1, 0.15) is 34.6 Å². The monoisotopic (exact) mass is 389 g/mol. The van der Waals surface area contributed by atoms with E-state index in [1.54, 1.807) is 30.3 Å². The van der Waals surface area contributed by atoms with Crippen LogP contribution in [0.5, 0.6) is 0 Å². The van der Waals surface area contributed by atoms with Crippen molar-refractivity contribution in [3.05, 3.63) is 65.7 Å². The van der Waals surface area contributed by atoms with Crippen LogP contribution in [-0.2, 0) is 19.6 Å². The van der Waals surface area contributed by atoms with Crippen molar-refractivity contribution in [3.8, 4) is 0 Å². The minimum Gasteiger partial charge on any atom is -0.456 e. The third-order valence-electron chi connectivity index (χ3n) is 3.70. The molecule has 0 saturated heterocycles. The molecule has 0 heterocycles. The molecule has 2 rings (SSSR count). The molecule has 2 aromatic carbocycles. The van der Waals surface area contributed by atoms with Crippen LogP contribution in [0.2, 0.25) is 0 Å². The van der Waals surface area contributed by atoms with Crippen LogP contribution in [0.25, 0.3) is 0 Å². The predicted molar refractivity (Wildman–Crippen MR) is 98.0 cm³/mol. The molecular formula is C19H19NO6S. The van der Waals surface area contributed by atoms with E-state index in [1.807, 2.05) is 0 Å². The maximum Gasteiger partial charge on any atom is 0.324 e.